The fourth-order valence-corrected chi connectivity index (χ4v) is 8.51. The van der Waals surface area contributed by atoms with E-state index in [0.29, 0.717) is 11.4 Å². The van der Waals surface area contributed by atoms with Crippen molar-refractivity contribution in [2.45, 2.75) is 5.41 Å². The summed E-state index contributed by atoms with van der Waals surface area (Å²) in [5.74, 6) is 0.682. The van der Waals surface area contributed by atoms with Gasteiger partial charge in [-0.05, 0) is 92.0 Å². The van der Waals surface area contributed by atoms with Gasteiger partial charge in [0.25, 0.3) is 0 Å². The summed E-state index contributed by atoms with van der Waals surface area (Å²) in [4.78, 5) is 10.5. The van der Waals surface area contributed by atoms with Crippen LogP contribution < -0.4 is 0 Å². The second kappa shape index (κ2) is 14.2. The van der Waals surface area contributed by atoms with Gasteiger partial charge in [-0.3, -0.25) is 0 Å². The van der Waals surface area contributed by atoms with Gasteiger partial charge in [0.2, 0.25) is 0 Å². The van der Waals surface area contributed by atoms with Crippen LogP contribution in [0.1, 0.15) is 27.8 Å². The lowest BCUT2D eigenvalue weighted by atomic mass is 9.67. The molecule has 0 saturated carbocycles. The van der Waals surface area contributed by atoms with E-state index >= 15 is 0 Å². The first-order valence-electron chi connectivity index (χ1n) is 19.2. The van der Waals surface area contributed by atoms with E-state index in [4.69, 9.17) is 9.97 Å². The number of benzene rings is 8. The topological polar surface area (TPSA) is 49.6 Å². The van der Waals surface area contributed by atoms with Gasteiger partial charge in [0, 0.05) is 16.7 Å². The van der Waals surface area contributed by atoms with Gasteiger partial charge in [0.1, 0.15) is 0 Å². The van der Waals surface area contributed by atoms with Crippen molar-refractivity contribution in [2.24, 2.45) is 0 Å². The Morgan fingerprint density at radius 1 is 0.351 bits per heavy atom. The van der Waals surface area contributed by atoms with Crippen LogP contribution in [0.25, 0.3) is 67.3 Å². The predicted octanol–water partition coefficient (Wildman–Crippen LogP) is 13.0. The van der Waals surface area contributed by atoms with Crippen LogP contribution in [0.5, 0.6) is 0 Å². The van der Waals surface area contributed by atoms with Gasteiger partial charge in [0.15, 0.2) is 5.82 Å². The van der Waals surface area contributed by atoms with Crippen molar-refractivity contribution in [1.82, 2.24) is 9.97 Å². The molecular weight excluding hydrogens is 691 g/mol. The maximum absolute atomic E-state index is 9.49. The van der Waals surface area contributed by atoms with Crippen molar-refractivity contribution in [3.8, 4) is 73.4 Å². The molecule has 266 valence electrons. The minimum absolute atomic E-state index is 0.617. The van der Waals surface area contributed by atoms with Gasteiger partial charge in [-0.25, -0.2) is 9.97 Å². The molecule has 0 N–H and O–H groups in total. The summed E-state index contributed by atoms with van der Waals surface area (Å²) in [6.45, 7) is 0. The third-order valence-electron chi connectivity index (χ3n) is 11.2. The molecule has 9 aromatic rings. The van der Waals surface area contributed by atoms with Crippen LogP contribution in [0.3, 0.4) is 0 Å². The average molecular weight is 726 g/mol. The lowest BCUT2D eigenvalue weighted by Gasteiger charge is -2.34. The van der Waals surface area contributed by atoms with E-state index in [1.807, 2.05) is 48.5 Å². The molecule has 10 rings (SSSR count). The molecule has 8 aromatic carbocycles. The molecule has 0 bridgehead atoms. The fraction of sp³-hybridized carbons (Fsp3) is 0.0185. The molecule has 3 nitrogen and oxygen atoms in total. The first kappa shape index (κ1) is 33.9. The van der Waals surface area contributed by atoms with E-state index in [2.05, 4.69) is 170 Å². The molecule has 1 aliphatic rings. The van der Waals surface area contributed by atoms with Crippen molar-refractivity contribution in [3.05, 3.63) is 240 Å². The van der Waals surface area contributed by atoms with Gasteiger partial charge < -0.3 is 0 Å². The monoisotopic (exact) mass is 725 g/mol. The van der Waals surface area contributed by atoms with Gasteiger partial charge >= 0.3 is 0 Å². The molecule has 0 amide bonds. The van der Waals surface area contributed by atoms with E-state index in [-0.39, 0.29) is 0 Å². The Balaban J connectivity index is 1.20. The second-order valence-corrected chi connectivity index (χ2v) is 14.5. The normalized spacial score (nSPS) is 12.3. The number of hydrogen-bond donors (Lipinski definition) is 0. The summed E-state index contributed by atoms with van der Waals surface area (Å²) in [6, 6.07) is 77.0. The summed E-state index contributed by atoms with van der Waals surface area (Å²) in [7, 11) is 0. The first-order chi connectivity index (χ1) is 28.2. The van der Waals surface area contributed by atoms with Crippen molar-refractivity contribution in [2.75, 3.05) is 0 Å². The van der Waals surface area contributed by atoms with Gasteiger partial charge in [-0.1, -0.05) is 176 Å². The zero-order valence-corrected chi connectivity index (χ0v) is 31.0. The quantitative estimate of drug-likeness (QED) is 0.164. The number of nitrogens with zero attached hydrogens (tertiary/aromatic N) is 3. The molecule has 1 aromatic heterocycles. The van der Waals surface area contributed by atoms with Crippen LogP contribution in [0.4, 0.5) is 0 Å². The predicted molar refractivity (Wildman–Crippen MR) is 231 cm³/mol. The maximum Gasteiger partial charge on any atom is 0.160 e. The second-order valence-electron chi connectivity index (χ2n) is 14.5. The molecule has 57 heavy (non-hydrogen) atoms. The Bertz CT molecular complexity index is 2890. The number of hydrogen-bond acceptors (Lipinski definition) is 3. The molecule has 3 heteroatoms. The summed E-state index contributed by atoms with van der Waals surface area (Å²) >= 11 is 0. The lowest BCUT2D eigenvalue weighted by molar-refractivity contribution is 0.769. The Morgan fingerprint density at radius 2 is 0.772 bits per heavy atom. The maximum atomic E-state index is 9.49. The van der Waals surface area contributed by atoms with Crippen LogP contribution in [0.15, 0.2) is 212 Å². The third-order valence-corrected chi connectivity index (χ3v) is 11.2. The summed E-state index contributed by atoms with van der Waals surface area (Å²) in [5.41, 5.74) is 16.5. The largest absolute Gasteiger partial charge is 0.228 e. The van der Waals surface area contributed by atoms with Crippen LogP contribution in [0, 0.1) is 11.3 Å². The molecule has 0 spiro atoms. The van der Waals surface area contributed by atoms with Crippen LogP contribution in [-0.4, -0.2) is 9.97 Å². The SMILES string of the molecule is N#Cc1ccc(-c2ccc3c(c2)C(c2ccccc2)(c2ccccc2)c2cc(-c4cc(-c5cccc(-c6ccccc6)c5)nc(-c5ccccc5)n4)ccc2-3)cc1. The number of nitriles is 1. The highest BCUT2D eigenvalue weighted by molar-refractivity contribution is 5.90. The van der Waals surface area contributed by atoms with Crippen LogP contribution >= 0.6 is 0 Å². The van der Waals surface area contributed by atoms with Crippen molar-refractivity contribution in [3.63, 3.8) is 0 Å². The highest BCUT2D eigenvalue weighted by Crippen LogP contribution is 2.57. The minimum atomic E-state index is -0.617. The zero-order valence-electron chi connectivity index (χ0n) is 31.0. The highest BCUT2D eigenvalue weighted by Gasteiger charge is 2.46. The lowest BCUT2D eigenvalue weighted by Crippen LogP contribution is -2.28. The standard InChI is InChI=1S/C54H35N3/c55-36-37-24-26-39(27-25-37)42-28-30-47-48-31-29-44(34-50(48)54(49(47)33-42,45-20-9-3-10-21-45)46-22-11-4-12-23-46)52-35-51(56-53(57-52)40-16-7-2-8-17-40)43-19-13-18-41(32-43)38-14-5-1-6-15-38/h1-35H. The molecule has 0 aliphatic heterocycles. The number of rotatable bonds is 7. The smallest absolute Gasteiger partial charge is 0.160 e. The first-order valence-corrected chi connectivity index (χ1v) is 19.2. The fourth-order valence-electron chi connectivity index (χ4n) is 8.51. The number of aromatic nitrogens is 2. The molecule has 1 heterocycles. The Morgan fingerprint density at radius 3 is 1.35 bits per heavy atom. The van der Waals surface area contributed by atoms with Crippen molar-refractivity contribution < 1.29 is 0 Å². The van der Waals surface area contributed by atoms with Gasteiger partial charge in [-0.15, -0.1) is 0 Å². The summed E-state index contributed by atoms with van der Waals surface area (Å²) in [5, 5.41) is 9.49. The minimum Gasteiger partial charge on any atom is -0.228 e. The van der Waals surface area contributed by atoms with E-state index in [1.165, 1.54) is 33.4 Å². The van der Waals surface area contributed by atoms with Crippen LogP contribution in [-0.2, 0) is 5.41 Å². The molecule has 1 aliphatic carbocycles. The van der Waals surface area contributed by atoms with Crippen molar-refractivity contribution in [1.29, 1.82) is 5.26 Å². The van der Waals surface area contributed by atoms with E-state index in [9.17, 15) is 5.26 Å². The van der Waals surface area contributed by atoms with Gasteiger partial charge in [-0.2, -0.15) is 5.26 Å². The highest BCUT2D eigenvalue weighted by atomic mass is 14.9. The summed E-state index contributed by atoms with van der Waals surface area (Å²) < 4.78 is 0. The molecular formula is C54H35N3. The molecule has 0 atom stereocenters. The van der Waals surface area contributed by atoms with Crippen LogP contribution in [0.2, 0.25) is 0 Å². The van der Waals surface area contributed by atoms with Crippen molar-refractivity contribution >= 4 is 0 Å². The molecule has 0 fully saturated rings. The van der Waals surface area contributed by atoms with E-state index < -0.39 is 5.41 Å². The average Bonchev–Trinajstić information content (AvgIpc) is 3.60. The Labute approximate surface area is 332 Å². The van der Waals surface area contributed by atoms with Gasteiger partial charge in [0.05, 0.1) is 28.4 Å². The molecule has 0 unspecified atom stereocenters. The Hall–Kier alpha value is -7.67. The summed E-state index contributed by atoms with van der Waals surface area (Å²) in [6.07, 6.45) is 0. The molecule has 0 saturated heterocycles. The zero-order chi connectivity index (χ0) is 38.2. The van der Waals surface area contributed by atoms with E-state index in [0.717, 1.165) is 50.3 Å². The van der Waals surface area contributed by atoms with E-state index in [1.54, 1.807) is 0 Å². The molecule has 0 radical (unpaired) electrons. The Kier molecular flexibility index (Phi) is 8.43. The third kappa shape index (κ3) is 5.92. The number of fused-ring (bicyclic) bond motifs is 3.